The predicted molar refractivity (Wildman–Crippen MR) is 73.8 cm³/mol. The molecule has 2 atom stereocenters. The Kier molecular flexibility index (Phi) is 4.03. The summed E-state index contributed by atoms with van der Waals surface area (Å²) in [5, 5.41) is 0. The van der Waals surface area contributed by atoms with Crippen LogP contribution in [0.15, 0.2) is 0 Å². The summed E-state index contributed by atoms with van der Waals surface area (Å²) in [6, 6.07) is 0. The quantitative estimate of drug-likeness (QED) is 0.668. The van der Waals surface area contributed by atoms with Crippen molar-refractivity contribution in [1.82, 2.24) is 0 Å². The number of sulfone groups is 1. The monoisotopic (exact) mass is 260 g/mol. The van der Waals surface area contributed by atoms with E-state index >= 15 is 0 Å². The van der Waals surface area contributed by atoms with Crippen LogP contribution in [0.2, 0.25) is 0 Å². The molecule has 102 valence electrons. The molecule has 1 aliphatic heterocycles. The van der Waals surface area contributed by atoms with Crippen LogP contribution in [0.3, 0.4) is 0 Å². The maximum absolute atomic E-state index is 12.2. The predicted octanol–water partition coefficient (Wildman–Crippen LogP) is 3.52. The Labute approximate surface area is 107 Å². The lowest BCUT2D eigenvalue weighted by Crippen LogP contribution is -2.29. The standard InChI is InChI=1S/C14H28O2S/c1-13(2,3)11-7-8-12(14(4,5)6)10-17(15,16)9-11/h11-12H,7-10H2,1-6H3. The highest BCUT2D eigenvalue weighted by Gasteiger charge is 2.38. The molecular weight excluding hydrogens is 232 g/mol. The molecule has 3 heteroatoms. The Balaban J connectivity index is 2.94. The van der Waals surface area contributed by atoms with E-state index in [9.17, 15) is 8.42 Å². The van der Waals surface area contributed by atoms with Crippen LogP contribution in [0.4, 0.5) is 0 Å². The largest absolute Gasteiger partial charge is 0.229 e. The van der Waals surface area contributed by atoms with E-state index in [4.69, 9.17) is 0 Å². The van der Waals surface area contributed by atoms with E-state index in [1.165, 1.54) is 0 Å². The van der Waals surface area contributed by atoms with E-state index in [0.29, 0.717) is 23.3 Å². The smallest absolute Gasteiger partial charge is 0.150 e. The zero-order valence-corrected chi connectivity index (χ0v) is 13.0. The molecule has 0 spiro atoms. The molecule has 0 bridgehead atoms. The second-order valence-corrected chi connectivity index (χ2v) is 9.93. The number of hydrogen-bond donors (Lipinski definition) is 0. The molecular formula is C14H28O2S. The van der Waals surface area contributed by atoms with E-state index in [-0.39, 0.29) is 10.8 Å². The van der Waals surface area contributed by atoms with E-state index in [1.807, 2.05) is 0 Å². The maximum Gasteiger partial charge on any atom is 0.150 e. The first-order valence-electron chi connectivity index (χ1n) is 6.62. The Morgan fingerprint density at radius 1 is 0.765 bits per heavy atom. The van der Waals surface area contributed by atoms with Gasteiger partial charge in [0, 0.05) is 0 Å². The summed E-state index contributed by atoms with van der Waals surface area (Å²) in [5.74, 6) is 1.37. The molecule has 0 aromatic rings. The van der Waals surface area contributed by atoms with Gasteiger partial charge in [-0.2, -0.15) is 0 Å². The molecule has 2 unspecified atom stereocenters. The fourth-order valence-corrected chi connectivity index (χ4v) is 5.31. The SMILES string of the molecule is CC(C)(C)C1CCC(C(C)(C)C)CS(=O)(=O)C1. The zero-order chi connectivity index (χ0) is 13.5. The van der Waals surface area contributed by atoms with Crippen molar-refractivity contribution >= 4 is 9.84 Å². The maximum atomic E-state index is 12.2. The summed E-state index contributed by atoms with van der Waals surface area (Å²) in [4.78, 5) is 0. The topological polar surface area (TPSA) is 34.1 Å². The minimum atomic E-state index is -2.88. The molecule has 0 saturated carbocycles. The van der Waals surface area contributed by atoms with Crippen molar-refractivity contribution < 1.29 is 8.42 Å². The van der Waals surface area contributed by atoms with Crippen molar-refractivity contribution in [2.75, 3.05) is 11.5 Å². The minimum absolute atomic E-state index is 0.0971. The van der Waals surface area contributed by atoms with Gasteiger partial charge in [0.25, 0.3) is 0 Å². The van der Waals surface area contributed by atoms with Crippen molar-refractivity contribution in [1.29, 1.82) is 0 Å². The fraction of sp³-hybridized carbons (Fsp3) is 1.00. The average Bonchev–Trinajstić information content (AvgIpc) is 2.20. The van der Waals surface area contributed by atoms with Gasteiger partial charge < -0.3 is 0 Å². The van der Waals surface area contributed by atoms with Crippen LogP contribution in [0.25, 0.3) is 0 Å². The second kappa shape index (κ2) is 4.56. The third-order valence-electron chi connectivity index (χ3n) is 4.22. The lowest BCUT2D eigenvalue weighted by atomic mass is 9.74. The molecule has 1 heterocycles. The summed E-state index contributed by atoms with van der Waals surface area (Å²) in [6.07, 6.45) is 2.09. The molecule has 0 aromatic heterocycles. The molecule has 1 fully saturated rings. The van der Waals surface area contributed by atoms with Crippen LogP contribution in [0, 0.1) is 22.7 Å². The van der Waals surface area contributed by atoms with Gasteiger partial charge in [0.05, 0.1) is 11.5 Å². The van der Waals surface area contributed by atoms with Crippen molar-refractivity contribution in [2.45, 2.75) is 54.4 Å². The minimum Gasteiger partial charge on any atom is -0.229 e. The highest BCUT2D eigenvalue weighted by Crippen LogP contribution is 2.40. The summed E-state index contributed by atoms with van der Waals surface area (Å²) >= 11 is 0. The van der Waals surface area contributed by atoms with E-state index in [0.717, 1.165) is 12.8 Å². The summed E-state index contributed by atoms with van der Waals surface area (Å²) in [7, 11) is -2.88. The van der Waals surface area contributed by atoms with Gasteiger partial charge in [0.2, 0.25) is 0 Å². The van der Waals surface area contributed by atoms with Crippen molar-refractivity contribution in [2.24, 2.45) is 22.7 Å². The third-order valence-corrected chi connectivity index (χ3v) is 6.04. The van der Waals surface area contributed by atoms with Crippen LogP contribution in [-0.4, -0.2) is 19.9 Å². The molecule has 0 radical (unpaired) electrons. The third kappa shape index (κ3) is 4.27. The van der Waals surface area contributed by atoms with Crippen molar-refractivity contribution in [3.8, 4) is 0 Å². The average molecular weight is 260 g/mol. The number of rotatable bonds is 0. The van der Waals surface area contributed by atoms with E-state index in [1.54, 1.807) is 0 Å². The van der Waals surface area contributed by atoms with Gasteiger partial charge in [0.1, 0.15) is 0 Å². The Morgan fingerprint density at radius 3 is 1.29 bits per heavy atom. The highest BCUT2D eigenvalue weighted by atomic mass is 32.2. The Morgan fingerprint density at radius 2 is 1.06 bits per heavy atom. The van der Waals surface area contributed by atoms with Crippen LogP contribution in [0.5, 0.6) is 0 Å². The van der Waals surface area contributed by atoms with Crippen LogP contribution in [-0.2, 0) is 9.84 Å². The van der Waals surface area contributed by atoms with E-state index in [2.05, 4.69) is 41.5 Å². The highest BCUT2D eigenvalue weighted by molar-refractivity contribution is 7.91. The lowest BCUT2D eigenvalue weighted by molar-refractivity contribution is 0.201. The van der Waals surface area contributed by atoms with Gasteiger partial charge in [-0.1, -0.05) is 41.5 Å². The van der Waals surface area contributed by atoms with Crippen LogP contribution in [0.1, 0.15) is 54.4 Å². The second-order valence-electron chi connectivity index (χ2n) is 7.78. The summed E-state index contributed by atoms with van der Waals surface area (Å²) in [5.41, 5.74) is 0.194. The molecule has 0 amide bonds. The van der Waals surface area contributed by atoms with Gasteiger partial charge >= 0.3 is 0 Å². The fourth-order valence-electron chi connectivity index (χ4n) is 2.62. The summed E-state index contributed by atoms with van der Waals surface area (Å²) in [6.45, 7) is 12.9. The van der Waals surface area contributed by atoms with Gasteiger partial charge in [0.15, 0.2) is 9.84 Å². The lowest BCUT2D eigenvalue weighted by Gasteiger charge is -2.31. The molecule has 0 aromatic carbocycles. The van der Waals surface area contributed by atoms with Gasteiger partial charge in [-0.25, -0.2) is 8.42 Å². The normalized spacial score (nSPS) is 30.9. The van der Waals surface area contributed by atoms with E-state index < -0.39 is 9.84 Å². The molecule has 1 saturated heterocycles. The Bertz CT molecular complexity index is 325. The molecule has 0 aliphatic carbocycles. The number of hydrogen-bond acceptors (Lipinski definition) is 2. The molecule has 0 N–H and O–H groups in total. The van der Waals surface area contributed by atoms with Crippen LogP contribution >= 0.6 is 0 Å². The zero-order valence-electron chi connectivity index (χ0n) is 12.2. The molecule has 1 aliphatic rings. The van der Waals surface area contributed by atoms with Gasteiger partial charge in [-0.15, -0.1) is 0 Å². The molecule has 1 rings (SSSR count). The van der Waals surface area contributed by atoms with Crippen LogP contribution < -0.4 is 0 Å². The molecule has 17 heavy (non-hydrogen) atoms. The first kappa shape index (κ1) is 15.0. The Hall–Kier alpha value is -0.0500. The summed E-state index contributed by atoms with van der Waals surface area (Å²) < 4.78 is 24.4. The first-order valence-corrected chi connectivity index (χ1v) is 8.44. The van der Waals surface area contributed by atoms with Crippen molar-refractivity contribution in [3.63, 3.8) is 0 Å². The van der Waals surface area contributed by atoms with Gasteiger partial charge in [-0.3, -0.25) is 0 Å². The molecule has 2 nitrogen and oxygen atoms in total. The first-order chi connectivity index (χ1) is 7.42. The van der Waals surface area contributed by atoms with Crippen molar-refractivity contribution in [3.05, 3.63) is 0 Å². The van der Waals surface area contributed by atoms with Gasteiger partial charge in [-0.05, 0) is 35.5 Å².